The molecular weight excluding hydrogens is 266 g/mol. The molecule has 19 heavy (non-hydrogen) atoms. The minimum Gasteiger partial charge on any atom is -0.478 e. The SMILES string of the molecule is C[Si](O)(O)CCCNC(=O)c1ccccc1C(=O)O. The highest BCUT2D eigenvalue weighted by atomic mass is 28.4. The summed E-state index contributed by atoms with van der Waals surface area (Å²) in [5.74, 6) is -1.63. The van der Waals surface area contributed by atoms with Gasteiger partial charge in [0.15, 0.2) is 0 Å². The Balaban J connectivity index is 2.57. The van der Waals surface area contributed by atoms with Crippen LogP contribution in [0.25, 0.3) is 0 Å². The van der Waals surface area contributed by atoms with Crippen LogP contribution in [0.2, 0.25) is 12.6 Å². The number of carbonyl (C=O) groups excluding carboxylic acids is 1. The highest BCUT2D eigenvalue weighted by Gasteiger charge is 2.20. The summed E-state index contributed by atoms with van der Waals surface area (Å²) in [6.45, 7) is 1.67. The minimum absolute atomic E-state index is 0.0523. The van der Waals surface area contributed by atoms with Crippen molar-refractivity contribution < 1.29 is 24.3 Å². The summed E-state index contributed by atoms with van der Waals surface area (Å²) < 4.78 is 0. The van der Waals surface area contributed by atoms with Crippen molar-refractivity contribution in [2.45, 2.75) is 19.0 Å². The van der Waals surface area contributed by atoms with Crippen molar-refractivity contribution in [2.75, 3.05) is 6.54 Å². The summed E-state index contributed by atoms with van der Waals surface area (Å²) in [6.07, 6.45) is 0.441. The first-order valence-corrected chi connectivity index (χ1v) is 8.47. The molecule has 1 rings (SSSR count). The molecule has 4 N–H and O–H groups in total. The van der Waals surface area contributed by atoms with Crippen LogP contribution in [-0.2, 0) is 0 Å². The van der Waals surface area contributed by atoms with Crippen LogP contribution in [0.15, 0.2) is 24.3 Å². The fourth-order valence-electron chi connectivity index (χ4n) is 1.59. The molecule has 7 heteroatoms. The van der Waals surface area contributed by atoms with Crippen molar-refractivity contribution in [1.29, 1.82) is 0 Å². The predicted molar refractivity (Wildman–Crippen MR) is 71.2 cm³/mol. The van der Waals surface area contributed by atoms with Gasteiger partial charge in [0.1, 0.15) is 0 Å². The normalized spacial score (nSPS) is 11.1. The molecule has 0 aliphatic rings. The second-order valence-electron chi connectivity index (χ2n) is 4.43. The molecule has 0 fully saturated rings. The van der Waals surface area contributed by atoms with E-state index in [4.69, 9.17) is 5.11 Å². The van der Waals surface area contributed by atoms with E-state index in [1.807, 2.05) is 0 Å². The number of rotatable bonds is 6. The first kappa shape index (κ1) is 15.4. The van der Waals surface area contributed by atoms with E-state index in [1.54, 1.807) is 12.1 Å². The smallest absolute Gasteiger partial charge is 0.336 e. The van der Waals surface area contributed by atoms with Crippen molar-refractivity contribution in [3.05, 3.63) is 35.4 Å². The Morgan fingerprint density at radius 1 is 1.21 bits per heavy atom. The number of hydrogen-bond acceptors (Lipinski definition) is 4. The average Bonchev–Trinajstić information content (AvgIpc) is 2.33. The molecule has 0 saturated carbocycles. The number of amides is 1. The summed E-state index contributed by atoms with van der Waals surface area (Å²) in [4.78, 5) is 41.2. The lowest BCUT2D eigenvalue weighted by molar-refractivity contribution is 0.0691. The first-order valence-electron chi connectivity index (χ1n) is 5.86. The quantitative estimate of drug-likeness (QED) is 0.451. The number of carbonyl (C=O) groups is 2. The van der Waals surface area contributed by atoms with Gasteiger partial charge in [0.05, 0.1) is 11.1 Å². The zero-order chi connectivity index (χ0) is 14.5. The third kappa shape index (κ3) is 5.21. The molecule has 0 unspecified atom stereocenters. The Hall–Kier alpha value is -1.70. The fourth-order valence-corrected chi connectivity index (χ4v) is 2.43. The number of hydrogen-bond donors (Lipinski definition) is 4. The highest BCUT2D eigenvalue weighted by Crippen LogP contribution is 2.09. The third-order valence-electron chi connectivity index (χ3n) is 2.51. The van der Waals surface area contributed by atoms with E-state index in [-0.39, 0.29) is 23.7 Å². The lowest BCUT2D eigenvalue weighted by Gasteiger charge is -2.12. The van der Waals surface area contributed by atoms with Gasteiger partial charge in [-0.2, -0.15) is 0 Å². The number of benzene rings is 1. The Morgan fingerprint density at radius 3 is 2.32 bits per heavy atom. The van der Waals surface area contributed by atoms with Crippen molar-refractivity contribution in [3.63, 3.8) is 0 Å². The Labute approximate surface area is 112 Å². The van der Waals surface area contributed by atoms with Gasteiger partial charge >= 0.3 is 14.5 Å². The Morgan fingerprint density at radius 2 is 1.79 bits per heavy atom. The van der Waals surface area contributed by atoms with E-state index in [9.17, 15) is 19.2 Å². The summed E-state index contributed by atoms with van der Waals surface area (Å²) >= 11 is 0. The van der Waals surface area contributed by atoms with Gasteiger partial charge in [-0.1, -0.05) is 12.1 Å². The summed E-state index contributed by atoms with van der Waals surface area (Å²) in [6, 6.07) is 6.20. The molecule has 1 aromatic carbocycles. The minimum atomic E-state index is -3.08. The molecule has 0 heterocycles. The highest BCUT2D eigenvalue weighted by molar-refractivity contribution is 6.63. The molecule has 0 aliphatic heterocycles. The zero-order valence-corrected chi connectivity index (χ0v) is 11.6. The van der Waals surface area contributed by atoms with Crippen LogP contribution in [0.1, 0.15) is 27.1 Å². The maximum Gasteiger partial charge on any atom is 0.336 e. The maximum absolute atomic E-state index is 11.8. The van der Waals surface area contributed by atoms with E-state index < -0.39 is 20.4 Å². The van der Waals surface area contributed by atoms with E-state index in [1.165, 1.54) is 18.7 Å². The van der Waals surface area contributed by atoms with Gasteiger partial charge in [-0.3, -0.25) is 4.79 Å². The molecule has 0 bridgehead atoms. The van der Waals surface area contributed by atoms with Gasteiger partial charge in [-0.15, -0.1) is 0 Å². The molecule has 0 spiro atoms. The summed E-state index contributed by atoms with van der Waals surface area (Å²) in [5.41, 5.74) is 0.0477. The number of aromatic carboxylic acids is 1. The van der Waals surface area contributed by atoms with Crippen LogP contribution >= 0.6 is 0 Å². The van der Waals surface area contributed by atoms with Gasteiger partial charge in [0.2, 0.25) is 0 Å². The van der Waals surface area contributed by atoms with E-state index in [0.717, 1.165) is 0 Å². The number of carboxylic acid groups (broad SMARTS) is 1. The van der Waals surface area contributed by atoms with E-state index in [0.29, 0.717) is 6.42 Å². The van der Waals surface area contributed by atoms with E-state index >= 15 is 0 Å². The summed E-state index contributed by atoms with van der Waals surface area (Å²) in [7, 11) is -3.08. The van der Waals surface area contributed by atoms with Gasteiger partial charge < -0.3 is 20.0 Å². The molecule has 0 radical (unpaired) electrons. The molecular formula is C12H17NO5Si. The van der Waals surface area contributed by atoms with Crippen LogP contribution in [0.4, 0.5) is 0 Å². The topological polar surface area (TPSA) is 107 Å². The van der Waals surface area contributed by atoms with Gasteiger partial charge in [-0.25, -0.2) is 4.79 Å². The molecule has 1 aromatic rings. The molecule has 104 valence electrons. The summed E-state index contributed by atoms with van der Waals surface area (Å²) in [5, 5.41) is 11.5. The number of carboxylic acids is 1. The standard InChI is InChI=1S/C12H17NO5Si/c1-19(17,18)8-4-7-13-11(14)9-5-2-3-6-10(9)12(15)16/h2-3,5-6,17-18H,4,7-8H2,1H3,(H,13,14)(H,15,16). The Bertz CT molecular complexity index is 469. The molecule has 0 atom stereocenters. The van der Waals surface area contributed by atoms with E-state index in [2.05, 4.69) is 5.32 Å². The number of nitrogens with one attached hydrogen (secondary N) is 1. The fraction of sp³-hybridized carbons (Fsp3) is 0.333. The van der Waals surface area contributed by atoms with Gasteiger partial charge in [0, 0.05) is 6.54 Å². The average molecular weight is 283 g/mol. The van der Waals surface area contributed by atoms with Crippen LogP contribution in [-0.4, -0.2) is 41.7 Å². The molecule has 0 aromatic heterocycles. The van der Waals surface area contributed by atoms with Crippen LogP contribution in [0, 0.1) is 0 Å². The lowest BCUT2D eigenvalue weighted by atomic mass is 10.1. The van der Waals surface area contributed by atoms with Gasteiger partial charge in [-0.05, 0) is 31.1 Å². The second kappa shape index (κ2) is 6.46. The maximum atomic E-state index is 11.8. The third-order valence-corrected chi connectivity index (χ3v) is 3.82. The largest absolute Gasteiger partial charge is 0.478 e. The lowest BCUT2D eigenvalue weighted by Crippen LogP contribution is -2.32. The van der Waals surface area contributed by atoms with Crippen molar-refractivity contribution >= 4 is 20.4 Å². The molecule has 0 aliphatic carbocycles. The Kier molecular flexibility index (Phi) is 5.22. The predicted octanol–water partition coefficient (Wildman–Crippen LogP) is 0.561. The monoisotopic (exact) mass is 283 g/mol. The van der Waals surface area contributed by atoms with Gasteiger partial charge in [0.25, 0.3) is 5.91 Å². The van der Waals surface area contributed by atoms with Crippen LogP contribution in [0.5, 0.6) is 0 Å². The van der Waals surface area contributed by atoms with Crippen molar-refractivity contribution in [3.8, 4) is 0 Å². The molecule has 0 saturated heterocycles. The zero-order valence-electron chi connectivity index (χ0n) is 10.6. The van der Waals surface area contributed by atoms with Crippen molar-refractivity contribution in [2.24, 2.45) is 0 Å². The van der Waals surface area contributed by atoms with Crippen molar-refractivity contribution in [1.82, 2.24) is 5.32 Å². The van der Waals surface area contributed by atoms with Crippen LogP contribution in [0.3, 0.4) is 0 Å². The molecule has 1 amide bonds. The second-order valence-corrected chi connectivity index (χ2v) is 7.36. The van der Waals surface area contributed by atoms with Crippen LogP contribution < -0.4 is 5.32 Å². The first-order chi connectivity index (χ1) is 8.81. The molecule has 6 nitrogen and oxygen atoms in total.